The van der Waals surface area contributed by atoms with Gasteiger partial charge in [0.1, 0.15) is 11.9 Å². The largest absolute Gasteiger partial charge is 0.468 e. The number of thioether (sulfide) groups is 1. The first kappa shape index (κ1) is 13.8. The molecule has 1 N–H and O–H groups in total. The number of halogens is 2. The minimum atomic E-state index is -0.378. The molecule has 0 amide bonds. The molecule has 2 unspecified atom stereocenters. The van der Waals surface area contributed by atoms with Gasteiger partial charge >= 0.3 is 5.97 Å². The number of hydrogen-bond donors (Lipinski definition) is 1. The van der Waals surface area contributed by atoms with Crippen LogP contribution < -0.4 is 5.32 Å². The van der Waals surface area contributed by atoms with Crippen molar-refractivity contribution in [1.82, 2.24) is 5.32 Å². The van der Waals surface area contributed by atoms with Crippen LogP contribution in [0.25, 0.3) is 0 Å². The summed E-state index contributed by atoms with van der Waals surface area (Å²) >= 11 is 4.95. The van der Waals surface area contributed by atoms with Crippen molar-refractivity contribution in [3.05, 3.63) is 34.1 Å². The maximum atomic E-state index is 13.8. The first-order valence-corrected chi connectivity index (χ1v) is 7.43. The smallest absolute Gasteiger partial charge is 0.323 e. The Labute approximate surface area is 118 Å². The molecule has 2 atom stereocenters. The second-order valence-electron chi connectivity index (χ2n) is 4.00. The van der Waals surface area contributed by atoms with Gasteiger partial charge in [-0.3, -0.25) is 10.1 Å². The van der Waals surface area contributed by atoms with Crippen LogP contribution in [0.2, 0.25) is 0 Å². The molecule has 0 aliphatic carbocycles. The Hall–Kier alpha value is -0.590. The number of ether oxygens (including phenoxy) is 1. The lowest BCUT2D eigenvalue weighted by Gasteiger charge is -2.29. The molecule has 1 aliphatic heterocycles. The molecule has 1 fully saturated rings. The second-order valence-corrected chi connectivity index (χ2v) is 5.99. The number of carbonyl (C=O) groups excluding carboxylic acids is 1. The van der Waals surface area contributed by atoms with E-state index in [1.54, 1.807) is 23.9 Å². The van der Waals surface area contributed by atoms with Gasteiger partial charge in [0, 0.05) is 27.6 Å². The molecule has 1 aliphatic rings. The summed E-state index contributed by atoms with van der Waals surface area (Å²) in [6, 6.07) is 4.27. The monoisotopic (exact) mass is 333 g/mol. The minimum absolute atomic E-state index is 0.176. The highest BCUT2D eigenvalue weighted by atomic mass is 79.9. The summed E-state index contributed by atoms with van der Waals surface area (Å²) in [4.78, 5) is 11.5. The number of nitrogens with one attached hydrogen (secondary N) is 1. The summed E-state index contributed by atoms with van der Waals surface area (Å²) < 4.78 is 19.3. The molecule has 2 rings (SSSR count). The van der Waals surface area contributed by atoms with E-state index in [4.69, 9.17) is 4.74 Å². The van der Waals surface area contributed by atoms with E-state index in [1.165, 1.54) is 13.2 Å². The van der Waals surface area contributed by atoms with Gasteiger partial charge in [-0.25, -0.2) is 4.39 Å². The molecule has 0 spiro atoms. The van der Waals surface area contributed by atoms with Crippen molar-refractivity contribution in [2.24, 2.45) is 0 Å². The van der Waals surface area contributed by atoms with E-state index in [2.05, 4.69) is 21.2 Å². The highest BCUT2D eigenvalue weighted by molar-refractivity contribution is 9.10. The van der Waals surface area contributed by atoms with Gasteiger partial charge in [0.05, 0.1) is 7.11 Å². The summed E-state index contributed by atoms with van der Waals surface area (Å²) in [6.45, 7) is 0. The molecule has 18 heavy (non-hydrogen) atoms. The number of esters is 1. The van der Waals surface area contributed by atoms with Crippen molar-refractivity contribution >= 4 is 33.7 Å². The Balaban J connectivity index is 2.18. The lowest BCUT2D eigenvalue weighted by molar-refractivity contribution is -0.142. The molecule has 0 radical (unpaired) electrons. The minimum Gasteiger partial charge on any atom is -0.468 e. The fraction of sp³-hybridized carbons (Fsp3) is 0.417. The first-order valence-electron chi connectivity index (χ1n) is 5.48. The average molecular weight is 334 g/mol. The fourth-order valence-corrected chi connectivity index (χ4v) is 3.38. The number of hydrogen-bond acceptors (Lipinski definition) is 4. The van der Waals surface area contributed by atoms with Crippen LogP contribution >= 0.6 is 27.7 Å². The summed E-state index contributed by atoms with van der Waals surface area (Å²) in [5, 5.41) is 3.13. The van der Waals surface area contributed by atoms with Gasteiger partial charge < -0.3 is 4.74 Å². The topological polar surface area (TPSA) is 38.3 Å². The quantitative estimate of drug-likeness (QED) is 0.844. The fourth-order valence-electron chi connectivity index (χ4n) is 1.88. The third kappa shape index (κ3) is 3.05. The number of benzene rings is 1. The molecule has 0 saturated carbocycles. The predicted octanol–water partition coefficient (Wildman–Crippen LogP) is 2.51. The van der Waals surface area contributed by atoms with E-state index >= 15 is 0 Å². The van der Waals surface area contributed by atoms with Crippen LogP contribution in [0.3, 0.4) is 0 Å². The average Bonchev–Trinajstić information content (AvgIpc) is 2.40. The van der Waals surface area contributed by atoms with Crippen molar-refractivity contribution < 1.29 is 13.9 Å². The molecule has 1 saturated heterocycles. The number of methoxy groups -OCH3 is 1. The lowest BCUT2D eigenvalue weighted by atomic mass is 10.1. The van der Waals surface area contributed by atoms with Crippen LogP contribution in [0.1, 0.15) is 11.6 Å². The summed E-state index contributed by atoms with van der Waals surface area (Å²) in [5.41, 5.74) is 0.575. The lowest BCUT2D eigenvalue weighted by Crippen LogP contribution is -2.46. The Morgan fingerprint density at radius 3 is 3.06 bits per heavy atom. The van der Waals surface area contributed by atoms with Gasteiger partial charge in [0.2, 0.25) is 0 Å². The zero-order chi connectivity index (χ0) is 13.1. The van der Waals surface area contributed by atoms with E-state index in [0.29, 0.717) is 11.3 Å². The Morgan fingerprint density at radius 1 is 1.56 bits per heavy atom. The molecule has 98 valence electrons. The summed E-state index contributed by atoms with van der Waals surface area (Å²) in [7, 11) is 1.36. The van der Waals surface area contributed by atoms with Crippen LogP contribution in [0.4, 0.5) is 4.39 Å². The summed E-state index contributed by atoms with van der Waals surface area (Å²) in [5.74, 6) is 0.823. The highest BCUT2D eigenvalue weighted by Crippen LogP contribution is 2.28. The molecule has 6 heteroatoms. The standard InChI is InChI=1S/C12H13BrFNO2S/c1-17-12(16)11-6-18-5-10(15-11)8-4-7(13)2-3-9(8)14/h2-4,10-11,15H,5-6H2,1H3. The zero-order valence-electron chi connectivity index (χ0n) is 9.78. The predicted molar refractivity (Wildman–Crippen MR) is 73.1 cm³/mol. The molecule has 0 aromatic heterocycles. The maximum Gasteiger partial charge on any atom is 0.323 e. The van der Waals surface area contributed by atoms with E-state index < -0.39 is 0 Å². The number of carbonyl (C=O) groups is 1. The number of rotatable bonds is 2. The second kappa shape index (κ2) is 6.04. The van der Waals surface area contributed by atoms with Gasteiger partial charge in [-0.05, 0) is 18.2 Å². The Morgan fingerprint density at radius 2 is 2.33 bits per heavy atom. The van der Waals surface area contributed by atoms with Crippen molar-refractivity contribution in [1.29, 1.82) is 0 Å². The normalized spacial score (nSPS) is 23.7. The van der Waals surface area contributed by atoms with Gasteiger partial charge in [-0.1, -0.05) is 15.9 Å². The first-order chi connectivity index (χ1) is 8.61. The van der Waals surface area contributed by atoms with Crippen LogP contribution in [0.15, 0.2) is 22.7 Å². The van der Waals surface area contributed by atoms with Crippen LogP contribution in [0.5, 0.6) is 0 Å². The molecular formula is C12H13BrFNO2S. The summed E-state index contributed by atoms with van der Waals surface area (Å²) in [6.07, 6.45) is 0. The Kier molecular flexibility index (Phi) is 4.64. The Bertz CT molecular complexity index is 458. The molecule has 3 nitrogen and oxygen atoms in total. The molecular weight excluding hydrogens is 321 g/mol. The molecule has 1 aromatic carbocycles. The third-order valence-corrected chi connectivity index (χ3v) is 4.42. The van der Waals surface area contributed by atoms with Gasteiger partial charge in [0.15, 0.2) is 0 Å². The highest BCUT2D eigenvalue weighted by Gasteiger charge is 2.29. The maximum absolute atomic E-state index is 13.8. The third-order valence-electron chi connectivity index (χ3n) is 2.79. The van der Waals surface area contributed by atoms with Crippen LogP contribution in [0, 0.1) is 5.82 Å². The van der Waals surface area contributed by atoms with Crippen LogP contribution in [-0.4, -0.2) is 30.6 Å². The zero-order valence-corrected chi connectivity index (χ0v) is 12.2. The van der Waals surface area contributed by atoms with E-state index in [-0.39, 0.29) is 23.9 Å². The molecule has 0 bridgehead atoms. The van der Waals surface area contributed by atoms with Gasteiger partial charge in [-0.2, -0.15) is 11.8 Å². The van der Waals surface area contributed by atoms with Gasteiger partial charge in [-0.15, -0.1) is 0 Å². The van der Waals surface area contributed by atoms with E-state index in [1.807, 2.05) is 0 Å². The van der Waals surface area contributed by atoms with Crippen molar-refractivity contribution in [2.75, 3.05) is 18.6 Å². The van der Waals surface area contributed by atoms with Crippen molar-refractivity contribution in [3.8, 4) is 0 Å². The van der Waals surface area contributed by atoms with Crippen LogP contribution in [-0.2, 0) is 9.53 Å². The van der Waals surface area contributed by atoms with E-state index in [9.17, 15) is 9.18 Å². The SMILES string of the molecule is COC(=O)C1CSCC(c2cc(Br)ccc2F)N1. The van der Waals surface area contributed by atoms with Crippen molar-refractivity contribution in [3.63, 3.8) is 0 Å². The molecule has 1 heterocycles. The van der Waals surface area contributed by atoms with Crippen molar-refractivity contribution in [2.45, 2.75) is 12.1 Å². The van der Waals surface area contributed by atoms with Gasteiger partial charge in [0.25, 0.3) is 0 Å². The molecule has 1 aromatic rings. The van der Waals surface area contributed by atoms with E-state index in [0.717, 1.165) is 10.2 Å².